The Labute approximate surface area is 151 Å². The van der Waals surface area contributed by atoms with Gasteiger partial charge in [-0.2, -0.15) is 5.10 Å². The Morgan fingerprint density at radius 3 is 2.42 bits per heavy atom. The molecule has 0 spiro atoms. The minimum Gasteiger partial charge on any atom is -0.273 e. The first-order valence-electron chi connectivity index (χ1n) is 9.22. The molecule has 1 aromatic rings. The molecule has 0 aliphatic rings. The van der Waals surface area contributed by atoms with E-state index in [9.17, 15) is 4.79 Å². The predicted octanol–water partition coefficient (Wildman–Crippen LogP) is 5.78. The van der Waals surface area contributed by atoms with E-state index in [0.717, 1.165) is 18.4 Å². The second-order valence-corrected chi connectivity index (χ2v) is 7.03. The summed E-state index contributed by atoms with van der Waals surface area (Å²) in [6, 6.07) is 8.10. The molecule has 1 rings (SSSR count). The number of unbranched alkanes of at least 4 members (excludes halogenated alkanes) is 8. The molecule has 1 aromatic carbocycles. The standard InChI is InChI=1S/C20H32N2OS/c1-3-4-5-6-7-8-9-10-11-15-20(23)22-21-17-18-13-12-14-19(16-18)24-2/h12-14,16-17H,3-11,15H2,1-2H3,(H,22,23)/b21-17+. The number of benzene rings is 1. The predicted molar refractivity (Wildman–Crippen MR) is 106 cm³/mol. The summed E-state index contributed by atoms with van der Waals surface area (Å²) in [6.45, 7) is 2.25. The Balaban J connectivity index is 2.04. The van der Waals surface area contributed by atoms with Crippen molar-refractivity contribution in [2.75, 3.05) is 6.26 Å². The van der Waals surface area contributed by atoms with Gasteiger partial charge in [0.1, 0.15) is 0 Å². The fourth-order valence-electron chi connectivity index (χ4n) is 2.55. The summed E-state index contributed by atoms with van der Waals surface area (Å²) in [7, 11) is 0. The number of nitrogens with zero attached hydrogens (tertiary/aromatic N) is 1. The molecular formula is C20H32N2OS. The third-order valence-electron chi connectivity index (χ3n) is 4.00. The number of amides is 1. The number of nitrogens with one attached hydrogen (secondary N) is 1. The van der Waals surface area contributed by atoms with Crippen molar-refractivity contribution < 1.29 is 4.79 Å². The average molecular weight is 349 g/mol. The quantitative estimate of drug-likeness (QED) is 0.212. The maximum atomic E-state index is 11.7. The number of thioether (sulfide) groups is 1. The van der Waals surface area contributed by atoms with Crippen molar-refractivity contribution in [3.63, 3.8) is 0 Å². The molecule has 0 aliphatic carbocycles. The SMILES string of the molecule is CCCCCCCCCCCC(=O)N/N=C/c1cccc(SC)c1. The van der Waals surface area contributed by atoms with Gasteiger partial charge in [0.2, 0.25) is 5.91 Å². The maximum Gasteiger partial charge on any atom is 0.240 e. The van der Waals surface area contributed by atoms with E-state index in [2.05, 4.69) is 29.6 Å². The van der Waals surface area contributed by atoms with Gasteiger partial charge in [-0.15, -0.1) is 11.8 Å². The van der Waals surface area contributed by atoms with Crippen molar-refractivity contribution in [2.45, 2.75) is 76.0 Å². The lowest BCUT2D eigenvalue weighted by atomic mass is 10.1. The van der Waals surface area contributed by atoms with Gasteiger partial charge in [-0.25, -0.2) is 5.43 Å². The molecule has 0 radical (unpaired) electrons. The van der Waals surface area contributed by atoms with E-state index in [1.807, 2.05) is 18.4 Å². The summed E-state index contributed by atoms with van der Waals surface area (Å²) in [5.74, 6) is 0.00946. The largest absolute Gasteiger partial charge is 0.273 e. The van der Waals surface area contributed by atoms with Gasteiger partial charge in [0.25, 0.3) is 0 Å². The third-order valence-corrected chi connectivity index (χ3v) is 4.73. The molecule has 1 N–H and O–H groups in total. The van der Waals surface area contributed by atoms with E-state index in [4.69, 9.17) is 0 Å². The van der Waals surface area contributed by atoms with E-state index in [0.29, 0.717) is 6.42 Å². The summed E-state index contributed by atoms with van der Waals surface area (Å²) in [5.41, 5.74) is 3.62. The highest BCUT2D eigenvalue weighted by Gasteiger charge is 1.99. The van der Waals surface area contributed by atoms with Crippen molar-refractivity contribution in [3.8, 4) is 0 Å². The highest BCUT2D eigenvalue weighted by Crippen LogP contribution is 2.14. The monoisotopic (exact) mass is 348 g/mol. The third kappa shape index (κ3) is 10.5. The van der Waals surface area contributed by atoms with Gasteiger partial charge in [0, 0.05) is 11.3 Å². The number of carbonyl (C=O) groups is 1. The molecular weight excluding hydrogens is 316 g/mol. The van der Waals surface area contributed by atoms with E-state index in [1.54, 1.807) is 18.0 Å². The van der Waals surface area contributed by atoms with E-state index in [-0.39, 0.29) is 5.91 Å². The molecule has 1 amide bonds. The first kappa shape index (κ1) is 20.8. The minimum atomic E-state index is 0.00946. The van der Waals surface area contributed by atoms with Gasteiger partial charge in [-0.3, -0.25) is 4.79 Å². The Bertz CT molecular complexity index is 488. The van der Waals surface area contributed by atoms with Crippen LogP contribution in [0.15, 0.2) is 34.3 Å². The lowest BCUT2D eigenvalue weighted by Gasteiger charge is -2.02. The van der Waals surface area contributed by atoms with Crippen molar-refractivity contribution in [1.29, 1.82) is 0 Å². The first-order valence-corrected chi connectivity index (χ1v) is 10.4. The second-order valence-electron chi connectivity index (χ2n) is 6.15. The molecule has 24 heavy (non-hydrogen) atoms. The fourth-order valence-corrected chi connectivity index (χ4v) is 3.02. The zero-order chi connectivity index (χ0) is 17.5. The van der Waals surface area contributed by atoms with Crippen LogP contribution in [0.2, 0.25) is 0 Å². The van der Waals surface area contributed by atoms with Crippen molar-refractivity contribution in [3.05, 3.63) is 29.8 Å². The van der Waals surface area contributed by atoms with Crippen LogP contribution in [0.4, 0.5) is 0 Å². The van der Waals surface area contributed by atoms with Crippen LogP contribution in [0.3, 0.4) is 0 Å². The molecule has 0 unspecified atom stereocenters. The van der Waals surface area contributed by atoms with Crippen LogP contribution < -0.4 is 5.43 Å². The van der Waals surface area contributed by atoms with Crippen LogP contribution in [0, 0.1) is 0 Å². The number of hydrogen-bond acceptors (Lipinski definition) is 3. The molecule has 3 nitrogen and oxygen atoms in total. The number of rotatable bonds is 13. The minimum absolute atomic E-state index is 0.00946. The van der Waals surface area contributed by atoms with Crippen molar-refractivity contribution in [2.24, 2.45) is 5.10 Å². The number of hydrogen-bond donors (Lipinski definition) is 1. The van der Waals surface area contributed by atoms with Crippen LogP contribution in [-0.2, 0) is 4.79 Å². The van der Waals surface area contributed by atoms with Gasteiger partial charge in [-0.1, -0.05) is 70.4 Å². The average Bonchev–Trinajstić information content (AvgIpc) is 2.60. The zero-order valence-corrected chi connectivity index (χ0v) is 16.0. The highest BCUT2D eigenvalue weighted by molar-refractivity contribution is 7.98. The Morgan fingerprint density at radius 1 is 1.08 bits per heavy atom. The highest BCUT2D eigenvalue weighted by atomic mass is 32.2. The normalized spacial score (nSPS) is 11.1. The van der Waals surface area contributed by atoms with Gasteiger partial charge in [0.05, 0.1) is 6.21 Å². The molecule has 0 bridgehead atoms. The first-order chi connectivity index (χ1) is 11.8. The molecule has 0 aromatic heterocycles. The van der Waals surface area contributed by atoms with E-state index >= 15 is 0 Å². The summed E-state index contributed by atoms with van der Waals surface area (Å²) >= 11 is 1.70. The molecule has 0 heterocycles. The van der Waals surface area contributed by atoms with Gasteiger partial charge in [-0.05, 0) is 30.4 Å². The molecule has 0 saturated carbocycles. The smallest absolute Gasteiger partial charge is 0.240 e. The van der Waals surface area contributed by atoms with Crippen LogP contribution in [0.25, 0.3) is 0 Å². The lowest BCUT2D eigenvalue weighted by molar-refractivity contribution is -0.121. The summed E-state index contributed by atoms with van der Waals surface area (Å²) in [6.07, 6.45) is 15.7. The van der Waals surface area contributed by atoms with Crippen LogP contribution in [0.1, 0.15) is 76.7 Å². The second kappa shape index (κ2) is 14.1. The Morgan fingerprint density at radius 2 is 1.75 bits per heavy atom. The fraction of sp³-hybridized carbons (Fsp3) is 0.600. The summed E-state index contributed by atoms with van der Waals surface area (Å²) in [5, 5.41) is 4.04. The summed E-state index contributed by atoms with van der Waals surface area (Å²) in [4.78, 5) is 12.9. The van der Waals surface area contributed by atoms with Gasteiger partial charge >= 0.3 is 0 Å². The van der Waals surface area contributed by atoms with Crippen LogP contribution in [0.5, 0.6) is 0 Å². The molecule has 0 fully saturated rings. The van der Waals surface area contributed by atoms with Crippen molar-refractivity contribution >= 4 is 23.9 Å². The molecule has 0 saturated heterocycles. The maximum absolute atomic E-state index is 11.7. The van der Waals surface area contributed by atoms with Crippen LogP contribution in [-0.4, -0.2) is 18.4 Å². The van der Waals surface area contributed by atoms with Crippen molar-refractivity contribution in [1.82, 2.24) is 5.43 Å². The zero-order valence-electron chi connectivity index (χ0n) is 15.2. The molecule has 4 heteroatoms. The molecule has 0 aliphatic heterocycles. The van der Waals surface area contributed by atoms with Gasteiger partial charge in [0.15, 0.2) is 0 Å². The molecule has 0 atom stereocenters. The van der Waals surface area contributed by atoms with Crippen LogP contribution >= 0.6 is 11.8 Å². The topological polar surface area (TPSA) is 41.5 Å². The van der Waals surface area contributed by atoms with E-state index < -0.39 is 0 Å². The van der Waals surface area contributed by atoms with Gasteiger partial charge < -0.3 is 0 Å². The number of hydrazone groups is 1. The summed E-state index contributed by atoms with van der Waals surface area (Å²) < 4.78 is 0. The molecule has 134 valence electrons. The Hall–Kier alpha value is -1.29. The lowest BCUT2D eigenvalue weighted by Crippen LogP contribution is -2.16. The van der Waals surface area contributed by atoms with E-state index in [1.165, 1.54) is 49.8 Å². The Kier molecular flexibility index (Phi) is 12.2. The number of carbonyl (C=O) groups excluding carboxylic acids is 1.